The molecule has 0 aliphatic rings. The van der Waals surface area contributed by atoms with Crippen molar-refractivity contribution in [2.45, 2.75) is 0 Å². The summed E-state index contributed by atoms with van der Waals surface area (Å²) in [7, 11) is 4.12. The van der Waals surface area contributed by atoms with Crippen LogP contribution in [-0.4, -0.2) is 34.5 Å². The summed E-state index contributed by atoms with van der Waals surface area (Å²) in [6, 6.07) is 0. The minimum atomic E-state index is 0. The first-order valence-electron chi connectivity index (χ1n) is 1.34. The lowest BCUT2D eigenvalue weighted by atomic mass is 11.3. The van der Waals surface area contributed by atoms with Gasteiger partial charge in [0.05, 0.1) is 0 Å². The van der Waals surface area contributed by atoms with Gasteiger partial charge in [-0.15, -0.1) is 12.4 Å². The number of halogens is 1. The molecule has 0 bridgehead atoms. The maximum atomic E-state index is 2.14. The Morgan fingerprint density at radius 2 is 1.40 bits per heavy atom. The largest absolute Gasteiger partial charge is 0.396 e. The highest BCUT2D eigenvalue weighted by atomic mass is 35.5. The molecule has 0 fully saturated rings. The average molecular weight is 110 g/mol. The third kappa shape index (κ3) is 60.5. The van der Waals surface area contributed by atoms with Gasteiger partial charge >= 0.3 is 16.5 Å². The number of rotatable bonds is 0. The molecular weight excluding hydrogens is 100 g/mol. The van der Waals surface area contributed by atoms with E-state index in [1.807, 2.05) is 0 Å². The normalized spacial score (nSPS) is 7.00. The SMILES string of the molecule is C[N](C)[AlH2].Cl. The summed E-state index contributed by atoms with van der Waals surface area (Å²) in [5.74, 6) is 0. The molecule has 0 aromatic rings. The molecule has 0 rings (SSSR count). The summed E-state index contributed by atoms with van der Waals surface area (Å²) in [5, 5.41) is 0. The van der Waals surface area contributed by atoms with Gasteiger partial charge in [0.25, 0.3) is 0 Å². The smallest absolute Gasteiger partial charge is 0.321 e. The lowest BCUT2D eigenvalue weighted by Crippen LogP contribution is -2.02. The van der Waals surface area contributed by atoms with E-state index < -0.39 is 0 Å². The van der Waals surface area contributed by atoms with Crippen LogP contribution in [-0.2, 0) is 0 Å². The van der Waals surface area contributed by atoms with Crippen LogP contribution >= 0.6 is 12.4 Å². The van der Waals surface area contributed by atoms with Gasteiger partial charge in [-0.25, -0.2) is 0 Å². The standard InChI is InChI=1S/C2H6N.Al.ClH.2H/c1-3-2;;;;/h1-2H3;;1H;;/q-1;+1;;;. The Hall–Kier alpha value is 0.782. The van der Waals surface area contributed by atoms with Gasteiger partial charge in [0, 0.05) is 0 Å². The molecule has 0 aromatic carbocycles. The van der Waals surface area contributed by atoms with Crippen molar-refractivity contribution in [2.75, 3.05) is 14.1 Å². The molecule has 0 radical (unpaired) electrons. The first-order valence-corrected chi connectivity index (χ1v) is 2.24. The van der Waals surface area contributed by atoms with E-state index >= 15 is 0 Å². The summed E-state index contributed by atoms with van der Waals surface area (Å²) >= 11 is 1.18. The lowest BCUT2D eigenvalue weighted by molar-refractivity contribution is 0.679. The molecule has 0 aromatic heterocycles. The lowest BCUT2D eigenvalue weighted by Gasteiger charge is -1.91. The fraction of sp³-hybridized carbons (Fsp3) is 1.00. The van der Waals surface area contributed by atoms with E-state index in [2.05, 4.69) is 18.0 Å². The molecular formula is C2H9AlClN. The highest BCUT2D eigenvalue weighted by molar-refractivity contribution is 6.03. The Morgan fingerprint density at radius 1 is 1.40 bits per heavy atom. The van der Waals surface area contributed by atoms with Gasteiger partial charge in [0.15, 0.2) is 0 Å². The Kier molecular flexibility index (Phi) is 8.84. The van der Waals surface area contributed by atoms with E-state index in [1.54, 1.807) is 0 Å². The van der Waals surface area contributed by atoms with Crippen molar-refractivity contribution in [1.29, 1.82) is 0 Å². The molecule has 32 valence electrons. The summed E-state index contributed by atoms with van der Waals surface area (Å²) < 4.78 is 2.14. The quantitative estimate of drug-likeness (QED) is 0.380. The molecule has 0 unspecified atom stereocenters. The van der Waals surface area contributed by atoms with Gasteiger partial charge in [-0.05, 0) is 14.1 Å². The molecule has 0 saturated heterocycles. The number of nitrogens with zero attached hydrogens (tertiary/aromatic N) is 1. The van der Waals surface area contributed by atoms with E-state index in [9.17, 15) is 0 Å². The summed E-state index contributed by atoms with van der Waals surface area (Å²) in [4.78, 5) is 0. The Labute approximate surface area is 47.4 Å². The molecule has 0 heterocycles. The minimum absolute atomic E-state index is 0. The topological polar surface area (TPSA) is 3.24 Å². The highest BCUT2D eigenvalue weighted by Crippen LogP contribution is 1.44. The fourth-order valence-corrected chi connectivity index (χ4v) is 0. The maximum Gasteiger partial charge on any atom is 0.321 e. The van der Waals surface area contributed by atoms with Crippen molar-refractivity contribution in [3.05, 3.63) is 0 Å². The van der Waals surface area contributed by atoms with E-state index in [4.69, 9.17) is 0 Å². The third-order valence-electron chi connectivity index (χ3n) is 0. The zero-order chi connectivity index (χ0) is 3.58. The van der Waals surface area contributed by atoms with Crippen LogP contribution in [0, 0.1) is 0 Å². The van der Waals surface area contributed by atoms with Crippen LogP contribution in [0.5, 0.6) is 0 Å². The number of hydrogen-bond acceptors (Lipinski definition) is 1. The van der Waals surface area contributed by atoms with Crippen LogP contribution in [0.4, 0.5) is 0 Å². The monoisotopic (exact) mass is 109 g/mol. The van der Waals surface area contributed by atoms with E-state index in [-0.39, 0.29) is 12.4 Å². The van der Waals surface area contributed by atoms with E-state index in [1.165, 1.54) is 16.5 Å². The van der Waals surface area contributed by atoms with Gasteiger partial charge in [0.1, 0.15) is 0 Å². The second kappa shape index (κ2) is 4.78. The Balaban J connectivity index is 0. The molecule has 0 N–H and O–H groups in total. The van der Waals surface area contributed by atoms with Crippen molar-refractivity contribution in [1.82, 2.24) is 3.88 Å². The molecule has 0 atom stereocenters. The predicted molar refractivity (Wildman–Crippen MR) is 29.5 cm³/mol. The van der Waals surface area contributed by atoms with Gasteiger partial charge in [0.2, 0.25) is 0 Å². The summed E-state index contributed by atoms with van der Waals surface area (Å²) in [6.45, 7) is 0. The maximum absolute atomic E-state index is 2.14. The van der Waals surface area contributed by atoms with Crippen molar-refractivity contribution >= 4 is 28.9 Å². The van der Waals surface area contributed by atoms with Crippen LogP contribution in [0.3, 0.4) is 0 Å². The molecule has 0 saturated carbocycles. The van der Waals surface area contributed by atoms with Gasteiger partial charge in [-0.2, -0.15) is 0 Å². The Morgan fingerprint density at radius 3 is 1.40 bits per heavy atom. The van der Waals surface area contributed by atoms with Crippen LogP contribution in [0.15, 0.2) is 0 Å². The zero-order valence-electron chi connectivity index (χ0n) is 3.86. The summed E-state index contributed by atoms with van der Waals surface area (Å²) in [5.41, 5.74) is 0. The van der Waals surface area contributed by atoms with Gasteiger partial charge < -0.3 is 3.88 Å². The second-order valence-corrected chi connectivity index (χ2v) is 3.13. The van der Waals surface area contributed by atoms with Gasteiger partial charge in [-0.1, -0.05) is 0 Å². The van der Waals surface area contributed by atoms with Crippen LogP contribution < -0.4 is 0 Å². The third-order valence-corrected chi connectivity index (χ3v) is 0. The van der Waals surface area contributed by atoms with Crippen LogP contribution in [0.1, 0.15) is 0 Å². The molecule has 3 heteroatoms. The minimum Gasteiger partial charge on any atom is -0.396 e. The fourth-order valence-electron chi connectivity index (χ4n) is 0. The van der Waals surface area contributed by atoms with Crippen molar-refractivity contribution in [3.63, 3.8) is 0 Å². The van der Waals surface area contributed by atoms with Crippen LogP contribution in [0.25, 0.3) is 0 Å². The highest BCUT2D eigenvalue weighted by Gasteiger charge is 1.61. The zero-order valence-corrected chi connectivity index (χ0v) is 6.67. The van der Waals surface area contributed by atoms with Crippen molar-refractivity contribution in [3.8, 4) is 0 Å². The Bertz CT molecular complexity index is 14.4. The summed E-state index contributed by atoms with van der Waals surface area (Å²) in [6.07, 6.45) is 0. The first-order chi connectivity index (χ1) is 1.73. The van der Waals surface area contributed by atoms with Crippen molar-refractivity contribution in [2.24, 2.45) is 0 Å². The molecule has 1 nitrogen and oxygen atoms in total. The van der Waals surface area contributed by atoms with Gasteiger partial charge in [-0.3, -0.25) is 0 Å². The van der Waals surface area contributed by atoms with Crippen LogP contribution in [0.2, 0.25) is 0 Å². The number of hydrogen-bond donors (Lipinski definition) is 0. The van der Waals surface area contributed by atoms with E-state index in [0.717, 1.165) is 0 Å². The van der Waals surface area contributed by atoms with E-state index in [0.29, 0.717) is 0 Å². The molecule has 5 heavy (non-hydrogen) atoms. The predicted octanol–water partition coefficient (Wildman–Crippen LogP) is -0.482. The van der Waals surface area contributed by atoms with Crippen molar-refractivity contribution < 1.29 is 0 Å². The molecule has 0 spiro atoms. The second-order valence-electron chi connectivity index (χ2n) is 1.34. The molecule has 0 aliphatic heterocycles. The first kappa shape index (κ1) is 9.24. The molecule has 0 aliphatic carbocycles. The average Bonchev–Trinajstić information content (AvgIpc) is 0.811. The molecule has 0 amide bonds.